The van der Waals surface area contributed by atoms with Gasteiger partial charge in [-0.1, -0.05) is 90.6 Å². The molecule has 0 unspecified atom stereocenters. The molecule has 8 heteroatoms. The minimum absolute atomic E-state index is 0. The molecule has 1 saturated heterocycles. The Hall–Kier alpha value is -4.01. The van der Waals surface area contributed by atoms with Gasteiger partial charge in [-0.05, 0) is 47.9 Å². The predicted octanol–water partition coefficient (Wildman–Crippen LogP) is 3.89. The number of halogens is 1. The number of unbranched alkanes of at least 4 members (excludes halogenated alkanes) is 1. The van der Waals surface area contributed by atoms with Crippen molar-refractivity contribution < 1.29 is 21.5 Å². The maximum Gasteiger partial charge on any atom is 0.173 e. The molecule has 0 atom stereocenters. The summed E-state index contributed by atoms with van der Waals surface area (Å²) in [6.45, 7) is 4.04. The van der Waals surface area contributed by atoms with Gasteiger partial charge in [-0.25, -0.2) is 19.5 Å². The van der Waals surface area contributed by atoms with Crippen LogP contribution in [0.5, 0.6) is 0 Å². The van der Waals surface area contributed by atoms with Gasteiger partial charge in [0, 0.05) is 42.2 Å². The molecule has 45 heavy (non-hydrogen) atoms. The van der Waals surface area contributed by atoms with Gasteiger partial charge >= 0.3 is 0 Å². The molecule has 6 aromatic rings. The van der Waals surface area contributed by atoms with E-state index in [4.69, 9.17) is 0 Å². The van der Waals surface area contributed by atoms with Gasteiger partial charge in [0.2, 0.25) is 0 Å². The molecule has 7 rings (SSSR count). The Kier molecular flexibility index (Phi) is 10.2. The molecule has 0 radical (unpaired) electrons. The van der Waals surface area contributed by atoms with Crippen LogP contribution in [-0.4, -0.2) is 32.6 Å². The van der Waals surface area contributed by atoms with Gasteiger partial charge in [0.25, 0.3) is 0 Å². The van der Waals surface area contributed by atoms with E-state index in [0.29, 0.717) is 0 Å². The van der Waals surface area contributed by atoms with Crippen LogP contribution >= 0.6 is 11.8 Å². The highest BCUT2D eigenvalue weighted by Crippen LogP contribution is 2.27. The second-order valence-electron chi connectivity index (χ2n) is 11.6. The molecule has 228 valence electrons. The number of thioether (sulfide) groups is 1. The lowest BCUT2D eigenvalue weighted by Crippen LogP contribution is -3.00. The summed E-state index contributed by atoms with van der Waals surface area (Å²) in [4.78, 5) is 16.1. The Balaban J connectivity index is 0.00000357. The number of hydrogen-bond acceptors (Lipinski definition) is 5. The second kappa shape index (κ2) is 14.8. The van der Waals surface area contributed by atoms with Crippen LogP contribution in [0.3, 0.4) is 0 Å². The van der Waals surface area contributed by atoms with Crippen LogP contribution in [-0.2, 0) is 31.7 Å². The van der Waals surface area contributed by atoms with Crippen LogP contribution in [0.2, 0.25) is 0 Å². The van der Waals surface area contributed by atoms with Crippen molar-refractivity contribution in [2.24, 2.45) is 0 Å². The first-order valence-corrected chi connectivity index (χ1v) is 16.5. The molecule has 1 aliphatic heterocycles. The van der Waals surface area contributed by atoms with E-state index in [-0.39, 0.29) is 17.0 Å². The summed E-state index contributed by atoms with van der Waals surface area (Å²) in [6, 6.07) is 33.1. The predicted molar refractivity (Wildman–Crippen MR) is 178 cm³/mol. The molecule has 0 bridgehead atoms. The van der Waals surface area contributed by atoms with Crippen molar-refractivity contribution in [2.75, 3.05) is 18.0 Å². The van der Waals surface area contributed by atoms with Gasteiger partial charge in [-0.2, -0.15) is 0 Å². The highest BCUT2D eigenvalue weighted by molar-refractivity contribution is 7.98. The SMILES string of the molecule is [Br-].c1ccc(CSc2ncnc3c2ncn3Cc2ccc(CCCCc3ccc(C[n+]4ccc(N5CC5)cc4)cc3)cc2)cc1. The van der Waals surface area contributed by atoms with Gasteiger partial charge in [0.05, 0.1) is 12.9 Å². The second-order valence-corrected chi connectivity index (χ2v) is 12.5. The van der Waals surface area contributed by atoms with Crippen LogP contribution < -0.4 is 26.4 Å². The van der Waals surface area contributed by atoms with E-state index in [0.717, 1.165) is 47.9 Å². The van der Waals surface area contributed by atoms with Crippen LogP contribution in [0.25, 0.3) is 11.2 Å². The number of aromatic nitrogens is 5. The van der Waals surface area contributed by atoms with Crippen molar-refractivity contribution in [3.8, 4) is 0 Å². The average Bonchev–Trinajstić information content (AvgIpc) is 3.85. The lowest BCUT2D eigenvalue weighted by atomic mass is 10.0. The van der Waals surface area contributed by atoms with E-state index in [1.165, 1.54) is 59.4 Å². The molecule has 0 spiro atoms. The van der Waals surface area contributed by atoms with Crippen LogP contribution in [0.4, 0.5) is 5.69 Å². The minimum Gasteiger partial charge on any atom is -1.00 e. The van der Waals surface area contributed by atoms with Crippen molar-refractivity contribution in [3.05, 3.63) is 144 Å². The highest BCUT2D eigenvalue weighted by Gasteiger charge is 2.18. The molecule has 3 aromatic carbocycles. The van der Waals surface area contributed by atoms with Gasteiger partial charge in [-0.15, -0.1) is 0 Å². The minimum atomic E-state index is 0. The van der Waals surface area contributed by atoms with Gasteiger partial charge in [0.15, 0.2) is 24.6 Å². The zero-order valence-corrected chi connectivity index (χ0v) is 27.7. The number of pyridine rings is 1. The average molecular weight is 678 g/mol. The summed E-state index contributed by atoms with van der Waals surface area (Å²) in [5.41, 5.74) is 9.76. The number of imidazole rings is 1. The normalized spacial score (nSPS) is 12.3. The van der Waals surface area contributed by atoms with Gasteiger partial charge in [-0.3, -0.25) is 0 Å². The Bertz CT molecular complexity index is 1800. The van der Waals surface area contributed by atoms with Gasteiger partial charge in [0.1, 0.15) is 16.9 Å². The topological polar surface area (TPSA) is 50.5 Å². The van der Waals surface area contributed by atoms with E-state index >= 15 is 0 Å². The molecule has 6 nitrogen and oxygen atoms in total. The monoisotopic (exact) mass is 676 g/mol. The maximum atomic E-state index is 4.67. The summed E-state index contributed by atoms with van der Waals surface area (Å²) in [7, 11) is 0. The van der Waals surface area contributed by atoms with E-state index < -0.39 is 0 Å². The lowest BCUT2D eigenvalue weighted by molar-refractivity contribution is -0.688. The first-order chi connectivity index (χ1) is 21.8. The van der Waals surface area contributed by atoms with Crippen LogP contribution in [0.1, 0.15) is 40.7 Å². The summed E-state index contributed by atoms with van der Waals surface area (Å²) in [5, 5.41) is 0.927. The largest absolute Gasteiger partial charge is 1.00 e. The maximum absolute atomic E-state index is 4.67. The summed E-state index contributed by atoms with van der Waals surface area (Å²) < 4.78 is 4.37. The van der Waals surface area contributed by atoms with E-state index in [9.17, 15) is 0 Å². The molecular weight excluding hydrogens is 640 g/mol. The number of nitrogens with zero attached hydrogens (tertiary/aromatic N) is 6. The number of aryl methyl sites for hydroxylation is 2. The number of fused-ring (bicyclic) bond motifs is 1. The Labute approximate surface area is 280 Å². The first-order valence-electron chi connectivity index (χ1n) is 15.5. The molecule has 0 N–H and O–H groups in total. The molecule has 0 saturated carbocycles. The molecule has 1 aliphatic rings. The smallest absolute Gasteiger partial charge is 0.173 e. The van der Waals surface area contributed by atoms with Gasteiger partial charge < -0.3 is 26.4 Å². The van der Waals surface area contributed by atoms with Crippen LogP contribution in [0.15, 0.2) is 121 Å². The quantitative estimate of drug-likeness (QED) is 0.0611. The fourth-order valence-electron chi connectivity index (χ4n) is 5.57. The van der Waals surface area contributed by atoms with E-state index in [2.05, 4.69) is 126 Å². The Morgan fingerprint density at radius 2 is 1.31 bits per heavy atom. The third-order valence-electron chi connectivity index (χ3n) is 8.22. The highest BCUT2D eigenvalue weighted by atomic mass is 79.9. The third kappa shape index (κ3) is 8.18. The van der Waals surface area contributed by atoms with Crippen molar-refractivity contribution in [1.82, 2.24) is 19.5 Å². The Morgan fingerprint density at radius 1 is 0.667 bits per heavy atom. The van der Waals surface area contributed by atoms with E-state index in [1.807, 2.05) is 12.4 Å². The number of rotatable bonds is 13. The van der Waals surface area contributed by atoms with Crippen molar-refractivity contribution in [2.45, 2.75) is 49.6 Å². The molecule has 3 aromatic heterocycles. The fourth-order valence-corrected chi connectivity index (χ4v) is 6.47. The molecular formula is C37H37BrN6S. The van der Waals surface area contributed by atoms with Crippen molar-refractivity contribution in [3.63, 3.8) is 0 Å². The Morgan fingerprint density at radius 3 is 1.98 bits per heavy atom. The summed E-state index contributed by atoms with van der Waals surface area (Å²) in [6.07, 6.45) is 12.5. The van der Waals surface area contributed by atoms with E-state index in [1.54, 1.807) is 18.1 Å². The molecule has 1 fully saturated rings. The number of hydrogen-bond donors (Lipinski definition) is 0. The zero-order chi connectivity index (χ0) is 29.6. The molecule has 0 aliphatic carbocycles. The summed E-state index contributed by atoms with van der Waals surface area (Å²) in [5.74, 6) is 0.862. The van der Waals surface area contributed by atoms with Crippen molar-refractivity contribution >= 4 is 28.6 Å². The third-order valence-corrected chi connectivity index (χ3v) is 9.27. The number of benzene rings is 3. The first kappa shape index (κ1) is 31.0. The lowest BCUT2D eigenvalue weighted by Gasteiger charge is -2.07. The molecule has 4 heterocycles. The standard InChI is InChI=1S/C37H37N6S.BrH/c1-2-8-33(9-3-1)26-44-37-35-36(38-27-39-37)43(28-40-35)25-32-16-12-30(13-17-32)7-5-4-6-29-10-14-31(15-11-29)24-41-20-18-34(19-21-41)42-22-23-42;/h1-3,8-21,27-28H,4-7,22-26H2;1H/q+1;/p-1. The number of anilines is 1. The van der Waals surface area contributed by atoms with Crippen LogP contribution in [0, 0.1) is 0 Å². The molecule has 0 amide bonds. The van der Waals surface area contributed by atoms with Crippen molar-refractivity contribution in [1.29, 1.82) is 0 Å². The fraction of sp³-hybridized carbons (Fsp3) is 0.243. The zero-order valence-electron chi connectivity index (χ0n) is 25.3. The summed E-state index contributed by atoms with van der Waals surface area (Å²) >= 11 is 1.71.